The Morgan fingerprint density at radius 1 is 1.47 bits per heavy atom. The van der Waals surface area contributed by atoms with Gasteiger partial charge < -0.3 is 15.0 Å². The summed E-state index contributed by atoms with van der Waals surface area (Å²) in [5.74, 6) is -1.12. The standard InChI is InChI=1S/C14H20N2O3/c1-14(2,9-12(17)18)15-13(19)11-7-4-8-16(11)10-5-3-6-10/h4,7-8,10H,3,5-6,9H2,1-2H3,(H,15,19)(H,17,18). The van der Waals surface area contributed by atoms with Crippen LogP contribution in [0.25, 0.3) is 0 Å². The summed E-state index contributed by atoms with van der Waals surface area (Å²) < 4.78 is 2.00. The Kier molecular flexibility index (Phi) is 3.64. The lowest BCUT2D eigenvalue weighted by atomic mass is 9.92. The van der Waals surface area contributed by atoms with Gasteiger partial charge in [-0.2, -0.15) is 0 Å². The van der Waals surface area contributed by atoms with Crippen LogP contribution in [0.5, 0.6) is 0 Å². The van der Waals surface area contributed by atoms with Crippen LogP contribution in [0.3, 0.4) is 0 Å². The summed E-state index contributed by atoms with van der Waals surface area (Å²) in [6.45, 7) is 3.44. The SMILES string of the molecule is CC(C)(CC(=O)O)NC(=O)c1cccn1C1CCC1. The molecular weight excluding hydrogens is 244 g/mol. The van der Waals surface area contributed by atoms with Gasteiger partial charge in [0.25, 0.3) is 5.91 Å². The van der Waals surface area contributed by atoms with Crippen LogP contribution in [-0.4, -0.2) is 27.1 Å². The lowest BCUT2D eigenvalue weighted by Gasteiger charge is -2.30. The second kappa shape index (κ2) is 5.07. The topological polar surface area (TPSA) is 71.3 Å². The van der Waals surface area contributed by atoms with Crippen molar-refractivity contribution in [1.29, 1.82) is 0 Å². The Hall–Kier alpha value is -1.78. The number of carbonyl (C=O) groups is 2. The molecule has 1 aromatic heterocycles. The van der Waals surface area contributed by atoms with E-state index in [0.717, 1.165) is 12.8 Å². The molecule has 0 atom stereocenters. The van der Waals surface area contributed by atoms with Crippen LogP contribution in [-0.2, 0) is 4.79 Å². The largest absolute Gasteiger partial charge is 0.481 e. The van der Waals surface area contributed by atoms with Gasteiger partial charge >= 0.3 is 5.97 Å². The first-order valence-corrected chi connectivity index (χ1v) is 6.60. The zero-order valence-electron chi connectivity index (χ0n) is 11.3. The van der Waals surface area contributed by atoms with Crippen molar-refractivity contribution in [3.05, 3.63) is 24.0 Å². The minimum absolute atomic E-state index is 0.0944. The highest BCUT2D eigenvalue weighted by molar-refractivity contribution is 5.93. The maximum absolute atomic E-state index is 12.2. The fourth-order valence-electron chi connectivity index (χ4n) is 2.36. The van der Waals surface area contributed by atoms with Crippen molar-refractivity contribution in [1.82, 2.24) is 9.88 Å². The third kappa shape index (κ3) is 3.16. The Morgan fingerprint density at radius 3 is 2.68 bits per heavy atom. The highest BCUT2D eigenvalue weighted by Gasteiger charge is 2.28. The molecule has 2 rings (SSSR count). The molecule has 5 heteroatoms. The average molecular weight is 264 g/mol. The lowest BCUT2D eigenvalue weighted by molar-refractivity contribution is -0.138. The summed E-state index contributed by atoms with van der Waals surface area (Å²) in [6, 6.07) is 4.06. The normalized spacial score (nSPS) is 15.9. The van der Waals surface area contributed by atoms with Gasteiger partial charge in [-0.1, -0.05) is 0 Å². The molecule has 104 valence electrons. The van der Waals surface area contributed by atoms with Gasteiger partial charge in [-0.25, -0.2) is 0 Å². The van der Waals surface area contributed by atoms with Crippen LogP contribution >= 0.6 is 0 Å². The molecule has 1 amide bonds. The number of carboxylic acid groups (broad SMARTS) is 1. The van der Waals surface area contributed by atoms with Crippen molar-refractivity contribution in [3.63, 3.8) is 0 Å². The summed E-state index contributed by atoms with van der Waals surface area (Å²) >= 11 is 0. The van der Waals surface area contributed by atoms with Crippen LogP contribution in [0.4, 0.5) is 0 Å². The van der Waals surface area contributed by atoms with E-state index in [0.29, 0.717) is 11.7 Å². The van der Waals surface area contributed by atoms with Crippen molar-refractivity contribution in [2.24, 2.45) is 0 Å². The first-order chi connectivity index (χ1) is 8.89. The monoisotopic (exact) mass is 264 g/mol. The van der Waals surface area contributed by atoms with Gasteiger partial charge in [0.2, 0.25) is 0 Å². The number of nitrogens with zero attached hydrogens (tertiary/aromatic N) is 1. The van der Waals surface area contributed by atoms with Crippen LogP contribution < -0.4 is 5.32 Å². The fourth-order valence-corrected chi connectivity index (χ4v) is 2.36. The van der Waals surface area contributed by atoms with E-state index in [1.54, 1.807) is 19.9 Å². The van der Waals surface area contributed by atoms with E-state index >= 15 is 0 Å². The Morgan fingerprint density at radius 2 is 2.16 bits per heavy atom. The molecule has 1 saturated carbocycles. The molecule has 0 bridgehead atoms. The summed E-state index contributed by atoms with van der Waals surface area (Å²) in [4.78, 5) is 23.0. The number of nitrogens with one attached hydrogen (secondary N) is 1. The van der Waals surface area contributed by atoms with Gasteiger partial charge in [0.05, 0.1) is 6.42 Å². The fraction of sp³-hybridized carbons (Fsp3) is 0.571. The van der Waals surface area contributed by atoms with Crippen molar-refractivity contribution in [2.45, 2.75) is 51.1 Å². The molecule has 0 aliphatic heterocycles. The lowest BCUT2D eigenvalue weighted by Crippen LogP contribution is -2.45. The molecule has 2 N–H and O–H groups in total. The molecule has 0 unspecified atom stereocenters. The Bertz CT molecular complexity index is 487. The van der Waals surface area contributed by atoms with E-state index in [1.807, 2.05) is 16.8 Å². The predicted molar refractivity (Wildman–Crippen MR) is 71.1 cm³/mol. The second-order valence-corrected chi connectivity index (χ2v) is 5.79. The molecule has 1 aliphatic rings. The molecule has 1 aliphatic carbocycles. The second-order valence-electron chi connectivity index (χ2n) is 5.79. The van der Waals surface area contributed by atoms with E-state index in [-0.39, 0.29) is 12.3 Å². The van der Waals surface area contributed by atoms with Gasteiger partial charge in [-0.15, -0.1) is 0 Å². The third-order valence-electron chi connectivity index (χ3n) is 3.52. The molecule has 0 saturated heterocycles. The maximum Gasteiger partial charge on any atom is 0.305 e. The summed E-state index contributed by atoms with van der Waals surface area (Å²) in [5.41, 5.74) is -0.138. The Labute approximate surface area is 112 Å². The first-order valence-electron chi connectivity index (χ1n) is 6.60. The first kappa shape index (κ1) is 13.6. The van der Waals surface area contributed by atoms with Gasteiger partial charge in [0.1, 0.15) is 5.69 Å². The molecule has 19 heavy (non-hydrogen) atoms. The zero-order chi connectivity index (χ0) is 14.0. The molecule has 1 aromatic rings. The number of aliphatic carboxylic acids is 1. The number of carboxylic acids is 1. The smallest absolute Gasteiger partial charge is 0.305 e. The van der Waals surface area contributed by atoms with Crippen molar-refractivity contribution in [2.75, 3.05) is 0 Å². The van der Waals surface area contributed by atoms with Gasteiger partial charge in [-0.3, -0.25) is 9.59 Å². The van der Waals surface area contributed by atoms with Crippen molar-refractivity contribution in [3.8, 4) is 0 Å². The van der Waals surface area contributed by atoms with E-state index in [1.165, 1.54) is 6.42 Å². The van der Waals surface area contributed by atoms with Gasteiger partial charge in [0.15, 0.2) is 0 Å². The summed E-state index contributed by atoms with van der Waals surface area (Å²) in [5, 5.41) is 11.6. The van der Waals surface area contributed by atoms with Crippen molar-refractivity contribution < 1.29 is 14.7 Å². The Balaban J connectivity index is 2.07. The number of aromatic nitrogens is 1. The maximum atomic E-state index is 12.2. The van der Waals surface area contributed by atoms with Crippen LogP contribution in [0.1, 0.15) is 56.1 Å². The highest BCUT2D eigenvalue weighted by atomic mass is 16.4. The minimum atomic E-state index is -0.917. The number of rotatable bonds is 5. The molecule has 0 radical (unpaired) electrons. The van der Waals surface area contributed by atoms with E-state index in [9.17, 15) is 9.59 Å². The summed E-state index contributed by atoms with van der Waals surface area (Å²) in [6.07, 6.45) is 5.24. The molecular formula is C14H20N2O3. The van der Waals surface area contributed by atoms with E-state index in [2.05, 4.69) is 5.32 Å². The van der Waals surface area contributed by atoms with Gasteiger partial charge in [-0.05, 0) is 45.2 Å². The number of amides is 1. The minimum Gasteiger partial charge on any atom is -0.481 e. The average Bonchev–Trinajstić information content (AvgIpc) is 2.60. The van der Waals surface area contributed by atoms with Crippen molar-refractivity contribution >= 4 is 11.9 Å². The third-order valence-corrected chi connectivity index (χ3v) is 3.52. The number of hydrogen-bond acceptors (Lipinski definition) is 2. The zero-order valence-corrected chi connectivity index (χ0v) is 11.3. The molecule has 0 spiro atoms. The number of hydrogen-bond donors (Lipinski definition) is 2. The molecule has 5 nitrogen and oxygen atoms in total. The molecule has 1 fully saturated rings. The highest BCUT2D eigenvalue weighted by Crippen LogP contribution is 2.32. The van der Waals surface area contributed by atoms with Crippen LogP contribution in [0, 0.1) is 0 Å². The van der Waals surface area contributed by atoms with Gasteiger partial charge in [0, 0.05) is 17.8 Å². The quantitative estimate of drug-likeness (QED) is 0.856. The van der Waals surface area contributed by atoms with E-state index in [4.69, 9.17) is 5.11 Å². The van der Waals surface area contributed by atoms with E-state index < -0.39 is 11.5 Å². The number of carbonyl (C=O) groups excluding carboxylic acids is 1. The van der Waals surface area contributed by atoms with Crippen LogP contribution in [0.2, 0.25) is 0 Å². The van der Waals surface area contributed by atoms with Crippen LogP contribution in [0.15, 0.2) is 18.3 Å². The molecule has 1 heterocycles. The predicted octanol–water partition coefficient (Wildman–Crippen LogP) is 2.20. The molecule has 0 aromatic carbocycles. The summed E-state index contributed by atoms with van der Waals surface area (Å²) in [7, 11) is 0.